The molecule has 1 aromatic heterocycles. The van der Waals surface area contributed by atoms with Crippen LogP contribution in [0.4, 0.5) is 0 Å². The number of aromatic amines is 1. The minimum atomic E-state index is -1.50. The molecule has 0 aliphatic rings. The van der Waals surface area contributed by atoms with E-state index < -0.39 is 11.8 Å². The van der Waals surface area contributed by atoms with Gasteiger partial charge in [-0.15, -0.1) is 0 Å². The fourth-order valence-electron chi connectivity index (χ4n) is 1.42. The Labute approximate surface area is 95.1 Å². The zero-order valence-electron chi connectivity index (χ0n) is 8.58. The van der Waals surface area contributed by atoms with Crippen molar-refractivity contribution in [1.29, 1.82) is 0 Å². The summed E-state index contributed by atoms with van der Waals surface area (Å²) in [5.74, 6) is -2.48. The SMILES string of the molecule is O=C(O)C(=O)c1ccc(-n2cc[nH]c2=O)cc1. The number of rotatable bonds is 3. The number of hydrogen-bond acceptors (Lipinski definition) is 3. The summed E-state index contributed by atoms with van der Waals surface area (Å²) in [5, 5.41) is 8.52. The van der Waals surface area contributed by atoms with Gasteiger partial charge in [0, 0.05) is 18.0 Å². The largest absolute Gasteiger partial charge is 0.475 e. The molecule has 0 amide bonds. The first-order chi connectivity index (χ1) is 8.09. The topological polar surface area (TPSA) is 92.2 Å². The normalized spacial score (nSPS) is 10.1. The second-order valence-corrected chi connectivity index (χ2v) is 3.32. The van der Waals surface area contributed by atoms with Crippen LogP contribution in [0, 0.1) is 0 Å². The third-order valence-corrected chi connectivity index (χ3v) is 2.25. The van der Waals surface area contributed by atoms with E-state index in [1.807, 2.05) is 0 Å². The molecular formula is C11H8N2O4. The van der Waals surface area contributed by atoms with E-state index in [1.54, 1.807) is 0 Å². The van der Waals surface area contributed by atoms with Gasteiger partial charge < -0.3 is 10.1 Å². The molecule has 86 valence electrons. The van der Waals surface area contributed by atoms with Crippen LogP contribution >= 0.6 is 0 Å². The van der Waals surface area contributed by atoms with Crippen LogP contribution in [0.1, 0.15) is 10.4 Å². The number of carboxylic acids is 1. The number of carbonyl (C=O) groups excluding carboxylic acids is 1. The summed E-state index contributed by atoms with van der Waals surface area (Å²) < 4.78 is 1.34. The van der Waals surface area contributed by atoms with Crippen molar-refractivity contribution in [2.45, 2.75) is 0 Å². The number of ketones is 1. The number of carbonyl (C=O) groups is 2. The van der Waals surface area contributed by atoms with E-state index in [9.17, 15) is 14.4 Å². The van der Waals surface area contributed by atoms with Gasteiger partial charge >= 0.3 is 11.7 Å². The highest BCUT2D eigenvalue weighted by Gasteiger charge is 2.14. The third-order valence-electron chi connectivity index (χ3n) is 2.25. The van der Waals surface area contributed by atoms with Crippen molar-refractivity contribution in [3.8, 4) is 5.69 Å². The van der Waals surface area contributed by atoms with E-state index >= 15 is 0 Å². The average Bonchev–Trinajstić information content (AvgIpc) is 2.74. The van der Waals surface area contributed by atoms with Crippen molar-refractivity contribution < 1.29 is 14.7 Å². The monoisotopic (exact) mass is 232 g/mol. The number of benzene rings is 1. The summed E-state index contributed by atoms with van der Waals surface area (Å²) in [5.41, 5.74) is 0.324. The smallest absolute Gasteiger partial charge is 0.377 e. The number of hydrogen-bond donors (Lipinski definition) is 2. The van der Waals surface area contributed by atoms with Crippen molar-refractivity contribution in [2.24, 2.45) is 0 Å². The summed E-state index contributed by atoms with van der Waals surface area (Å²) >= 11 is 0. The summed E-state index contributed by atoms with van der Waals surface area (Å²) in [7, 11) is 0. The number of carboxylic acid groups (broad SMARTS) is 1. The van der Waals surface area contributed by atoms with Crippen LogP contribution in [0.3, 0.4) is 0 Å². The molecule has 6 nitrogen and oxygen atoms in total. The maximum Gasteiger partial charge on any atom is 0.377 e. The van der Waals surface area contributed by atoms with Gasteiger partial charge in [-0.2, -0.15) is 0 Å². The summed E-state index contributed by atoms with van der Waals surface area (Å²) in [6.07, 6.45) is 3.02. The number of aliphatic carboxylic acids is 1. The lowest BCUT2D eigenvalue weighted by molar-refractivity contribution is -0.131. The zero-order valence-corrected chi connectivity index (χ0v) is 8.58. The molecule has 2 aromatic rings. The fraction of sp³-hybridized carbons (Fsp3) is 0. The van der Waals surface area contributed by atoms with Crippen molar-refractivity contribution in [1.82, 2.24) is 9.55 Å². The summed E-state index contributed by atoms with van der Waals surface area (Å²) in [6, 6.07) is 5.74. The molecule has 2 rings (SSSR count). The molecule has 1 heterocycles. The second kappa shape index (κ2) is 4.09. The van der Waals surface area contributed by atoms with Crippen LogP contribution in [0.2, 0.25) is 0 Å². The minimum absolute atomic E-state index is 0.0739. The second-order valence-electron chi connectivity index (χ2n) is 3.32. The van der Waals surface area contributed by atoms with Crippen LogP contribution < -0.4 is 5.69 Å². The number of H-pyrrole nitrogens is 1. The summed E-state index contributed by atoms with van der Waals surface area (Å²) in [4.78, 5) is 35.4. The Morgan fingerprint density at radius 1 is 1.18 bits per heavy atom. The Morgan fingerprint density at radius 3 is 2.29 bits per heavy atom. The Bertz CT molecular complexity index is 621. The lowest BCUT2D eigenvalue weighted by Gasteiger charge is -2.01. The van der Waals surface area contributed by atoms with Gasteiger partial charge in [-0.1, -0.05) is 0 Å². The van der Waals surface area contributed by atoms with E-state index in [-0.39, 0.29) is 11.3 Å². The molecule has 0 aliphatic carbocycles. The molecule has 0 aliphatic heterocycles. The Balaban J connectivity index is 2.37. The first-order valence-corrected chi connectivity index (χ1v) is 4.73. The highest BCUT2D eigenvalue weighted by atomic mass is 16.4. The van der Waals surface area contributed by atoms with Crippen LogP contribution in [0.5, 0.6) is 0 Å². The predicted octanol–water partition coefficient (Wildman–Crippen LogP) is 0.433. The third kappa shape index (κ3) is 2.00. The van der Waals surface area contributed by atoms with Crippen molar-refractivity contribution >= 4 is 11.8 Å². The van der Waals surface area contributed by atoms with Gasteiger partial charge in [0.2, 0.25) is 0 Å². The lowest BCUT2D eigenvalue weighted by atomic mass is 10.1. The molecule has 0 saturated carbocycles. The molecule has 0 fully saturated rings. The van der Waals surface area contributed by atoms with Gasteiger partial charge in [-0.05, 0) is 24.3 Å². The van der Waals surface area contributed by atoms with Gasteiger partial charge in [0.05, 0.1) is 5.69 Å². The van der Waals surface area contributed by atoms with Crippen LogP contribution in [-0.2, 0) is 4.79 Å². The molecule has 0 bridgehead atoms. The van der Waals surface area contributed by atoms with Crippen molar-refractivity contribution in [2.75, 3.05) is 0 Å². The number of nitrogens with zero attached hydrogens (tertiary/aromatic N) is 1. The van der Waals surface area contributed by atoms with E-state index in [1.165, 1.54) is 41.2 Å². The highest BCUT2D eigenvalue weighted by molar-refractivity contribution is 6.39. The zero-order chi connectivity index (χ0) is 12.4. The average molecular weight is 232 g/mol. The molecule has 0 atom stereocenters. The number of Topliss-reactive ketones (excluding diaryl/α,β-unsaturated/α-hetero) is 1. The number of aromatic nitrogens is 2. The molecule has 0 radical (unpaired) electrons. The van der Waals surface area contributed by atoms with Gasteiger partial charge in [0.1, 0.15) is 0 Å². The van der Waals surface area contributed by atoms with Gasteiger partial charge in [-0.3, -0.25) is 9.36 Å². The van der Waals surface area contributed by atoms with E-state index in [4.69, 9.17) is 5.11 Å². The van der Waals surface area contributed by atoms with Crippen LogP contribution in [0.15, 0.2) is 41.5 Å². The first-order valence-electron chi connectivity index (χ1n) is 4.73. The predicted molar refractivity (Wildman–Crippen MR) is 58.4 cm³/mol. The Morgan fingerprint density at radius 2 is 1.82 bits per heavy atom. The standard InChI is InChI=1S/C11H8N2O4/c14-9(10(15)16)7-1-3-8(4-2-7)13-6-5-12-11(13)17/h1-6H,(H,12,17)(H,15,16). The Kier molecular flexibility index (Phi) is 2.61. The van der Waals surface area contributed by atoms with Gasteiger partial charge in [0.25, 0.3) is 5.78 Å². The van der Waals surface area contributed by atoms with E-state index in [0.29, 0.717) is 5.69 Å². The molecule has 6 heteroatoms. The van der Waals surface area contributed by atoms with Gasteiger partial charge in [0.15, 0.2) is 0 Å². The number of nitrogens with one attached hydrogen (secondary N) is 1. The highest BCUT2D eigenvalue weighted by Crippen LogP contribution is 2.08. The van der Waals surface area contributed by atoms with Crippen molar-refractivity contribution in [3.63, 3.8) is 0 Å². The maximum atomic E-state index is 11.3. The minimum Gasteiger partial charge on any atom is -0.475 e. The van der Waals surface area contributed by atoms with E-state index in [2.05, 4.69) is 4.98 Å². The molecule has 2 N–H and O–H groups in total. The van der Waals surface area contributed by atoms with Crippen LogP contribution in [-0.4, -0.2) is 26.4 Å². The van der Waals surface area contributed by atoms with Crippen LogP contribution in [0.25, 0.3) is 5.69 Å². The Hall–Kier alpha value is -2.63. The maximum absolute atomic E-state index is 11.3. The quantitative estimate of drug-likeness (QED) is 0.593. The molecule has 0 spiro atoms. The molecule has 0 saturated heterocycles. The molecule has 0 unspecified atom stereocenters. The fourth-order valence-corrected chi connectivity index (χ4v) is 1.42. The van der Waals surface area contributed by atoms with Gasteiger partial charge in [-0.25, -0.2) is 9.59 Å². The first kappa shape index (κ1) is 10.9. The lowest BCUT2D eigenvalue weighted by Crippen LogP contribution is -2.15. The number of imidazole rings is 1. The molecule has 17 heavy (non-hydrogen) atoms. The van der Waals surface area contributed by atoms with E-state index in [0.717, 1.165) is 0 Å². The molecular weight excluding hydrogens is 224 g/mol. The summed E-state index contributed by atoms with van der Waals surface area (Å²) in [6.45, 7) is 0. The van der Waals surface area contributed by atoms with Crippen molar-refractivity contribution in [3.05, 3.63) is 52.7 Å². The molecule has 1 aromatic carbocycles.